The maximum Gasteiger partial charge on any atom is 0.269 e. The van der Waals surface area contributed by atoms with Gasteiger partial charge in [-0.3, -0.25) is 14.9 Å². The van der Waals surface area contributed by atoms with Gasteiger partial charge in [0, 0.05) is 18.2 Å². The van der Waals surface area contributed by atoms with Gasteiger partial charge >= 0.3 is 0 Å². The number of rotatable bonds is 8. The lowest BCUT2D eigenvalue weighted by molar-refractivity contribution is -0.384. The Kier molecular flexibility index (Phi) is 8.03. The standard InChI is InChI=1S/C25H27N3O5/c1-17-5-3-4-6-22(17)27-25(29)20(15-26)13-19-9-12-23(24(14-19)32-2)33-16-18-7-10-21(11-8-18)28(30)31/h7-14,17,22H,3-6,16H2,1-2H3,(H,27,29)/b20-13+/t17-,22+/m1/s1. The third kappa shape index (κ3) is 6.32. The minimum absolute atomic E-state index is 0.0164. The predicted molar refractivity (Wildman–Crippen MR) is 124 cm³/mol. The van der Waals surface area contributed by atoms with Crippen molar-refractivity contribution in [3.05, 3.63) is 69.3 Å². The maximum absolute atomic E-state index is 12.6. The highest BCUT2D eigenvalue weighted by molar-refractivity contribution is 6.01. The van der Waals surface area contributed by atoms with Crippen molar-refractivity contribution in [2.75, 3.05) is 7.11 Å². The number of nitro groups is 1. The molecule has 0 aliphatic heterocycles. The van der Waals surface area contributed by atoms with Gasteiger partial charge in [0.15, 0.2) is 11.5 Å². The number of benzene rings is 2. The van der Waals surface area contributed by atoms with Gasteiger partial charge in [0.25, 0.3) is 11.6 Å². The molecule has 33 heavy (non-hydrogen) atoms. The summed E-state index contributed by atoms with van der Waals surface area (Å²) < 4.78 is 11.2. The van der Waals surface area contributed by atoms with Crippen molar-refractivity contribution in [3.63, 3.8) is 0 Å². The lowest BCUT2D eigenvalue weighted by Crippen LogP contribution is -2.41. The number of nitrogens with one attached hydrogen (secondary N) is 1. The van der Waals surface area contributed by atoms with Crippen LogP contribution in [0.15, 0.2) is 48.0 Å². The van der Waals surface area contributed by atoms with E-state index in [2.05, 4.69) is 12.2 Å². The van der Waals surface area contributed by atoms with Crippen LogP contribution in [0.5, 0.6) is 11.5 Å². The van der Waals surface area contributed by atoms with Gasteiger partial charge in [-0.05, 0) is 60.2 Å². The van der Waals surface area contributed by atoms with Gasteiger partial charge in [-0.1, -0.05) is 25.8 Å². The second-order valence-electron chi connectivity index (χ2n) is 8.13. The molecule has 1 N–H and O–H groups in total. The van der Waals surface area contributed by atoms with E-state index in [1.165, 1.54) is 31.7 Å². The molecule has 172 valence electrons. The molecule has 1 aliphatic carbocycles. The number of hydrogen-bond donors (Lipinski definition) is 1. The van der Waals surface area contributed by atoms with Crippen LogP contribution in [-0.2, 0) is 11.4 Å². The summed E-state index contributed by atoms with van der Waals surface area (Å²) in [5, 5.41) is 23.3. The Balaban J connectivity index is 1.69. The van der Waals surface area contributed by atoms with Crippen molar-refractivity contribution < 1.29 is 19.2 Å². The lowest BCUT2D eigenvalue weighted by Gasteiger charge is -2.29. The second-order valence-corrected chi connectivity index (χ2v) is 8.13. The number of ether oxygens (including phenoxy) is 2. The van der Waals surface area contributed by atoms with Crippen LogP contribution in [0.3, 0.4) is 0 Å². The molecule has 0 bridgehead atoms. The summed E-state index contributed by atoms with van der Waals surface area (Å²) in [5.74, 6) is 0.958. The van der Waals surface area contributed by atoms with Gasteiger partial charge in [-0.15, -0.1) is 0 Å². The molecule has 2 atom stereocenters. The molecule has 1 saturated carbocycles. The molecule has 3 rings (SSSR count). The molecule has 1 aliphatic rings. The predicted octanol–water partition coefficient (Wildman–Crippen LogP) is 4.78. The van der Waals surface area contributed by atoms with Gasteiger partial charge in [0.1, 0.15) is 18.2 Å². The largest absolute Gasteiger partial charge is 0.493 e. The molecule has 0 unspecified atom stereocenters. The molecule has 8 heteroatoms. The maximum atomic E-state index is 12.6. The first-order valence-corrected chi connectivity index (χ1v) is 10.9. The highest BCUT2D eigenvalue weighted by Crippen LogP contribution is 2.30. The van der Waals surface area contributed by atoms with E-state index in [1.54, 1.807) is 30.3 Å². The van der Waals surface area contributed by atoms with Gasteiger partial charge in [0.2, 0.25) is 0 Å². The number of hydrogen-bond acceptors (Lipinski definition) is 6. The zero-order valence-corrected chi connectivity index (χ0v) is 18.7. The molecule has 0 heterocycles. The first kappa shape index (κ1) is 23.8. The van der Waals surface area contributed by atoms with Gasteiger partial charge in [-0.25, -0.2) is 0 Å². The number of nitriles is 1. The van der Waals surface area contributed by atoms with Crippen molar-refractivity contribution in [2.45, 2.75) is 45.3 Å². The van der Waals surface area contributed by atoms with E-state index >= 15 is 0 Å². The smallest absolute Gasteiger partial charge is 0.269 e. The van der Waals surface area contributed by atoms with E-state index in [-0.39, 0.29) is 29.8 Å². The number of non-ortho nitro benzene ring substituents is 1. The van der Waals surface area contributed by atoms with Crippen molar-refractivity contribution in [1.82, 2.24) is 5.32 Å². The van der Waals surface area contributed by atoms with Crippen LogP contribution in [0.1, 0.15) is 43.7 Å². The third-order valence-corrected chi connectivity index (χ3v) is 5.83. The molecule has 0 aromatic heterocycles. The number of nitrogens with zero attached hydrogens (tertiary/aromatic N) is 2. The van der Waals surface area contributed by atoms with Crippen molar-refractivity contribution in [2.24, 2.45) is 5.92 Å². The number of carbonyl (C=O) groups excluding carboxylic acids is 1. The summed E-state index contributed by atoms with van der Waals surface area (Å²) in [5.41, 5.74) is 1.46. The molecule has 1 amide bonds. The average Bonchev–Trinajstić information content (AvgIpc) is 2.83. The fraction of sp³-hybridized carbons (Fsp3) is 0.360. The SMILES string of the molecule is COc1cc(/C=C(\C#N)C(=O)N[C@H]2CCCC[C@H]2C)ccc1OCc1ccc([N+](=O)[O-])cc1. The van der Waals surface area contributed by atoms with Gasteiger partial charge in [0.05, 0.1) is 12.0 Å². The summed E-state index contributed by atoms with van der Waals surface area (Å²) in [6.07, 6.45) is 5.80. The zero-order valence-electron chi connectivity index (χ0n) is 18.7. The molecular weight excluding hydrogens is 422 g/mol. The summed E-state index contributed by atoms with van der Waals surface area (Å²) >= 11 is 0. The fourth-order valence-corrected chi connectivity index (χ4v) is 3.86. The van der Waals surface area contributed by atoms with E-state index in [0.29, 0.717) is 23.0 Å². The highest BCUT2D eigenvalue weighted by atomic mass is 16.6. The molecule has 1 fully saturated rings. The summed E-state index contributed by atoms with van der Waals surface area (Å²) in [6.45, 7) is 2.33. The van der Waals surface area contributed by atoms with Gasteiger partial charge in [-0.2, -0.15) is 5.26 Å². The van der Waals surface area contributed by atoms with E-state index in [0.717, 1.165) is 24.8 Å². The van der Waals surface area contributed by atoms with Crippen LogP contribution in [0.4, 0.5) is 5.69 Å². The minimum Gasteiger partial charge on any atom is -0.493 e. The summed E-state index contributed by atoms with van der Waals surface area (Å²) in [7, 11) is 1.50. The van der Waals surface area contributed by atoms with E-state index in [1.807, 2.05) is 6.07 Å². The summed E-state index contributed by atoms with van der Waals surface area (Å²) in [4.78, 5) is 23.0. The second kappa shape index (κ2) is 11.1. The van der Waals surface area contributed by atoms with Crippen molar-refractivity contribution in [3.8, 4) is 17.6 Å². The Morgan fingerprint density at radius 1 is 1.21 bits per heavy atom. The van der Waals surface area contributed by atoms with Crippen molar-refractivity contribution in [1.29, 1.82) is 5.26 Å². The van der Waals surface area contributed by atoms with Crippen LogP contribution in [0.25, 0.3) is 6.08 Å². The van der Waals surface area contributed by atoms with Crippen LogP contribution >= 0.6 is 0 Å². The van der Waals surface area contributed by atoms with E-state index < -0.39 is 4.92 Å². The number of carbonyl (C=O) groups is 1. The Labute approximate surface area is 193 Å². The van der Waals surface area contributed by atoms with Crippen LogP contribution in [-0.4, -0.2) is 24.0 Å². The average molecular weight is 450 g/mol. The first-order chi connectivity index (χ1) is 15.9. The summed E-state index contributed by atoms with van der Waals surface area (Å²) in [6, 6.07) is 13.3. The monoisotopic (exact) mass is 449 g/mol. The van der Waals surface area contributed by atoms with Crippen LogP contribution in [0, 0.1) is 27.4 Å². The molecule has 0 saturated heterocycles. The topological polar surface area (TPSA) is 114 Å². The van der Waals surface area contributed by atoms with Crippen LogP contribution in [0.2, 0.25) is 0 Å². The quantitative estimate of drug-likeness (QED) is 0.268. The molecule has 2 aromatic carbocycles. The minimum atomic E-state index is -0.453. The third-order valence-electron chi connectivity index (χ3n) is 5.83. The number of amides is 1. The normalized spacial score (nSPS) is 18.2. The Morgan fingerprint density at radius 3 is 2.58 bits per heavy atom. The lowest BCUT2D eigenvalue weighted by atomic mass is 9.86. The first-order valence-electron chi connectivity index (χ1n) is 10.9. The van der Waals surface area contributed by atoms with E-state index in [9.17, 15) is 20.2 Å². The number of nitro benzene ring substituents is 1. The highest BCUT2D eigenvalue weighted by Gasteiger charge is 2.24. The molecule has 8 nitrogen and oxygen atoms in total. The van der Waals surface area contributed by atoms with Gasteiger partial charge < -0.3 is 14.8 Å². The van der Waals surface area contributed by atoms with Crippen molar-refractivity contribution >= 4 is 17.7 Å². The Bertz CT molecular complexity index is 1070. The molecule has 0 spiro atoms. The Hall–Kier alpha value is -3.86. The molecule has 0 radical (unpaired) electrons. The fourth-order valence-electron chi connectivity index (χ4n) is 3.86. The zero-order chi connectivity index (χ0) is 23.8. The molecular formula is C25H27N3O5. The van der Waals surface area contributed by atoms with E-state index in [4.69, 9.17) is 9.47 Å². The van der Waals surface area contributed by atoms with Crippen LogP contribution < -0.4 is 14.8 Å². The number of methoxy groups -OCH3 is 1. The molecule has 2 aromatic rings. The Morgan fingerprint density at radius 2 is 1.94 bits per heavy atom.